The topological polar surface area (TPSA) is 66.5 Å². The highest BCUT2D eigenvalue weighted by Gasteiger charge is 2.25. The molecule has 0 aliphatic heterocycles. The van der Waals surface area contributed by atoms with Crippen LogP contribution >= 0.6 is 11.3 Å². The lowest BCUT2D eigenvalue weighted by atomic mass is 10.2. The smallest absolute Gasteiger partial charge is 0.265 e. The van der Waals surface area contributed by atoms with E-state index in [4.69, 9.17) is 0 Å². The Morgan fingerprint density at radius 3 is 2.39 bits per heavy atom. The van der Waals surface area contributed by atoms with Crippen LogP contribution in [-0.4, -0.2) is 20.9 Å². The number of carbonyl (C=O) groups is 1. The number of rotatable bonds is 7. The van der Waals surface area contributed by atoms with Gasteiger partial charge < -0.3 is 5.32 Å². The van der Waals surface area contributed by atoms with Crippen LogP contribution in [0.3, 0.4) is 0 Å². The molecule has 0 atom stereocenters. The largest absolute Gasteiger partial charge is 0.321 e. The molecule has 0 spiro atoms. The van der Waals surface area contributed by atoms with Crippen molar-refractivity contribution in [3.8, 4) is 0 Å². The van der Waals surface area contributed by atoms with Gasteiger partial charge in [-0.25, -0.2) is 8.42 Å². The van der Waals surface area contributed by atoms with Gasteiger partial charge in [-0.05, 0) is 73.7 Å². The molecule has 1 heterocycles. The molecule has 0 fully saturated rings. The van der Waals surface area contributed by atoms with E-state index in [9.17, 15) is 13.2 Å². The van der Waals surface area contributed by atoms with E-state index in [1.54, 1.807) is 24.3 Å². The Morgan fingerprint density at radius 1 is 0.970 bits per heavy atom. The Labute approximate surface area is 198 Å². The number of aryl methyl sites for hydroxylation is 2. The molecular weight excluding hydrogens is 452 g/mol. The van der Waals surface area contributed by atoms with E-state index in [1.165, 1.54) is 15.6 Å². The van der Waals surface area contributed by atoms with Crippen molar-refractivity contribution < 1.29 is 13.2 Å². The zero-order valence-corrected chi connectivity index (χ0v) is 20.5. The van der Waals surface area contributed by atoms with Crippen LogP contribution in [0, 0.1) is 13.8 Å². The van der Waals surface area contributed by atoms with Gasteiger partial charge in [-0.1, -0.05) is 42.8 Å². The quantitative estimate of drug-likeness (QED) is 0.335. The summed E-state index contributed by atoms with van der Waals surface area (Å²) < 4.78 is 29.1. The number of para-hydroxylation sites is 1. The van der Waals surface area contributed by atoms with Gasteiger partial charge in [-0.3, -0.25) is 9.10 Å². The minimum atomic E-state index is -3.70. The molecule has 0 aliphatic carbocycles. The maximum absolute atomic E-state index is 13.4. The van der Waals surface area contributed by atoms with Crippen LogP contribution in [-0.2, 0) is 10.0 Å². The van der Waals surface area contributed by atoms with Gasteiger partial charge in [0, 0.05) is 16.9 Å². The summed E-state index contributed by atoms with van der Waals surface area (Å²) in [6.07, 6.45) is 0.677. The Bertz CT molecular complexity index is 1410. The number of benzene rings is 3. The first kappa shape index (κ1) is 23.0. The van der Waals surface area contributed by atoms with Gasteiger partial charge in [0.2, 0.25) is 0 Å². The van der Waals surface area contributed by atoms with Crippen molar-refractivity contribution in [2.75, 3.05) is 16.2 Å². The highest BCUT2D eigenvalue weighted by atomic mass is 32.2. The van der Waals surface area contributed by atoms with Crippen LogP contribution in [0.1, 0.15) is 34.1 Å². The van der Waals surface area contributed by atoms with E-state index >= 15 is 0 Å². The molecule has 0 radical (unpaired) electrons. The minimum Gasteiger partial charge on any atom is -0.321 e. The number of anilines is 2. The van der Waals surface area contributed by atoms with Crippen molar-refractivity contribution in [1.29, 1.82) is 0 Å². The number of thiophene rings is 1. The van der Waals surface area contributed by atoms with E-state index in [0.29, 0.717) is 23.5 Å². The molecule has 0 bridgehead atoms. The van der Waals surface area contributed by atoms with E-state index in [-0.39, 0.29) is 10.8 Å². The number of nitrogens with zero attached hydrogens (tertiary/aromatic N) is 1. The van der Waals surface area contributed by atoms with E-state index in [1.807, 2.05) is 69.3 Å². The lowest BCUT2D eigenvalue weighted by Crippen LogP contribution is -2.31. The molecule has 1 aromatic heterocycles. The molecule has 1 N–H and O–H groups in total. The molecule has 0 saturated carbocycles. The fourth-order valence-corrected chi connectivity index (χ4v) is 6.11. The van der Waals surface area contributed by atoms with E-state index in [2.05, 4.69) is 5.32 Å². The van der Waals surface area contributed by atoms with Crippen molar-refractivity contribution in [3.05, 3.63) is 88.8 Å². The van der Waals surface area contributed by atoms with Gasteiger partial charge in [-0.2, -0.15) is 0 Å². The SMILES string of the molecule is CCCN(c1ccc2sc(C(=O)Nc3ccccc3C)cc2c1)S(=O)(=O)c1ccc(C)cc1. The minimum absolute atomic E-state index is 0.176. The molecule has 170 valence electrons. The zero-order valence-electron chi connectivity index (χ0n) is 18.8. The summed E-state index contributed by atoms with van der Waals surface area (Å²) in [5.41, 5.74) is 3.37. The Balaban J connectivity index is 1.67. The predicted octanol–water partition coefficient (Wildman–Crippen LogP) is 6.38. The maximum atomic E-state index is 13.4. The molecular formula is C26H26N2O3S2. The van der Waals surface area contributed by atoms with Crippen molar-refractivity contribution >= 4 is 48.7 Å². The second kappa shape index (κ2) is 9.37. The Kier molecular flexibility index (Phi) is 6.54. The summed E-state index contributed by atoms with van der Waals surface area (Å²) in [7, 11) is -3.70. The Hall–Kier alpha value is -3.16. The lowest BCUT2D eigenvalue weighted by molar-refractivity contribution is 0.103. The summed E-state index contributed by atoms with van der Waals surface area (Å²) in [6.45, 7) is 6.20. The normalized spacial score (nSPS) is 11.5. The number of sulfonamides is 1. The fourth-order valence-electron chi connectivity index (χ4n) is 3.62. The third kappa shape index (κ3) is 4.79. The molecule has 4 rings (SSSR count). The summed E-state index contributed by atoms with van der Waals surface area (Å²) in [4.78, 5) is 13.7. The molecule has 0 aliphatic rings. The van der Waals surface area contributed by atoms with Gasteiger partial charge in [-0.15, -0.1) is 11.3 Å². The first-order chi connectivity index (χ1) is 15.8. The first-order valence-electron chi connectivity index (χ1n) is 10.8. The maximum Gasteiger partial charge on any atom is 0.265 e. The first-order valence-corrected chi connectivity index (χ1v) is 13.1. The lowest BCUT2D eigenvalue weighted by Gasteiger charge is -2.24. The average molecular weight is 479 g/mol. The zero-order chi connectivity index (χ0) is 23.6. The molecule has 0 saturated heterocycles. The van der Waals surface area contributed by atoms with Crippen molar-refractivity contribution in [3.63, 3.8) is 0 Å². The van der Waals surface area contributed by atoms with Gasteiger partial charge in [0.05, 0.1) is 15.5 Å². The molecule has 1 amide bonds. The van der Waals surface area contributed by atoms with Crippen molar-refractivity contribution in [2.45, 2.75) is 32.1 Å². The molecule has 5 nitrogen and oxygen atoms in total. The van der Waals surface area contributed by atoms with Gasteiger partial charge in [0.25, 0.3) is 15.9 Å². The molecule has 0 unspecified atom stereocenters. The van der Waals surface area contributed by atoms with Crippen LogP contribution in [0.5, 0.6) is 0 Å². The molecule has 33 heavy (non-hydrogen) atoms. The van der Waals surface area contributed by atoms with Crippen LogP contribution in [0.25, 0.3) is 10.1 Å². The van der Waals surface area contributed by atoms with Crippen molar-refractivity contribution in [2.24, 2.45) is 0 Å². The summed E-state index contributed by atoms with van der Waals surface area (Å²) >= 11 is 1.39. The van der Waals surface area contributed by atoms with Crippen molar-refractivity contribution in [1.82, 2.24) is 0 Å². The fraction of sp³-hybridized carbons (Fsp3) is 0.192. The van der Waals surface area contributed by atoms with Crippen LogP contribution in [0.15, 0.2) is 77.7 Å². The van der Waals surface area contributed by atoms with E-state index in [0.717, 1.165) is 26.9 Å². The number of fused-ring (bicyclic) bond motifs is 1. The second-order valence-electron chi connectivity index (χ2n) is 7.99. The Morgan fingerprint density at radius 2 is 1.70 bits per heavy atom. The van der Waals surface area contributed by atoms with Gasteiger partial charge in [0.1, 0.15) is 0 Å². The summed E-state index contributed by atoms with van der Waals surface area (Å²) in [6, 6.07) is 21.9. The standard InChI is InChI=1S/C26H26N2O3S2/c1-4-15-28(33(30,31)22-12-9-18(2)10-13-22)21-11-14-24-20(16-21)17-25(32-24)26(29)27-23-8-6-5-7-19(23)3/h5-14,16-17H,4,15H2,1-3H3,(H,27,29). The number of hydrogen-bond donors (Lipinski definition) is 1. The number of carbonyl (C=O) groups excluding carboxylic acids is 1. The number of nitrogens with one attached hydrogen (secondary N) is 1. The molecule has 4 aromatic rings. The number of hydrogen-bond acceptors (Lipinski definition) is 4. The number of amides is 1. The molecule has 3 aromatic carbocycles. The highest BCUT2D eigenvalue weighted by Crippen LogP contribution is 2.32. The summed E-state index contributed by atoms with van der Waals surface area (Å²) in [5.74, 6) is -0.176. The van der Waals surface area contributed by atoms with Gasteiger partial charge >= 0.3 is 0 Å². The average Bonchev–Trinajstić information content (AvgIpc) is 3.23. The predicted molar refractivity (Wildman–Crippen MR) is 137 cm³/mol. The van der Waals surface area contributed by atoms with Crippen LogP contribution in [0.4, 0.5) is 11.4 Å². The monoisotopic (exact) mass is 478 g/mol. The van der Waals surface area contributed by atoms with Gasteiger partial charge in [0.15, 0.2) is 0 Å². The van der Waals surface area contributed by atoms with E-state index < -0.39 is 10.0 Å². The third-order valence-electron chi connectivity index (χ3n) is 5.44. The highest BCUT2D eigenvalue weighted by molar-refractivity contribution is 7.92. The molecule has 7 heteroatoms. The third-order valence-corrected chi connectivity index (χ3v) is 8.40. The van der Waals surface area contributed by atoms with Crippen LogP contribution < -0.4 is 9.62 Å². The summed E-state index contributed by atoms with van der Waals surface area (Å²) in [5, 5.41) is 3.80. The van der Waals surface area contributed by atoms with Crippen LogP contribution in [0.2, 0.25) is 0 Å². The second-order valence-corrected chi connectivity index (χ2v) is 10.9.